The molecule has 0 fully saturated rings. The van der Waals surface area contributed by atoms with Gasteiger partial charge < -0.3 is 0 Å². The minimum atomic E-state index is 0.120. The molecule has 0 radical (unpaired) electrons. The van der Waals surface area contributed by atoms with Crippen molar-refractivity contribution in [2.24, 2.45) is 5.92 Å². The molecular formula is C19H17NO. The molecule has 2 heteroatoms. The van der Waals surface area contributed by atoms with Crippen molar-refractivity contribution in [2.75, 3.05) is 4.90 Å². The van der Waals surface area contributed by atoms with Crippen molar-refractivity contribution in [3.05, 3.63) is 71.3 Å². The number of carbonyl (C=O) groups is 1. The van der Waals surface area contributed by atoms with Gasteiger partial charge in [0.15, 0.2) is 0 Å². The number of amides is 1. The van der Waals surface area contributed by atoms with E-state index in [1.54, 1.807) is 0 Å². The third-order valence-electron chi connectivity index (χ3n) is 4.76. The van der Waals surface area contributed by atoms with Crippen molar-refractivity contribution >= 4 is 17.2 Å². The normalized spacial score (nSPS) is 24.8. The van der Waals surface area contributed by atoms with E-state index in [4.69, 9.17) is 0 Å². The molecule has 1 amide bonds. The van der Waals surface area contributed by atoms with Gasteiger partial charge in [-0.3, -0.25) is 9.69 Å². The molecule has 0 N–H and O–H groups in total. The van der Waals surface area contributed by atoms with Gasteiger partial charge in [-0.15, -0.1) is 0 Å². The van der Waals surface area contributed by atoms with Gasteiger partial charge in [0, 0.05) is 17.0 Å². The average Bonchev–Trinajstić information content (AvgIpc) is 2.82. The van der Waals surface area contributed by atoms with Gasteiger partial charge >= 0.3 is 0 Å². The van der Waals surface area contributed by atoms with E-state index in [-0.39, 0.29) is 11.9 Å². The highest BCUT2D eigenvalue weighted by molar-refractivity contribution is 6.13. The summed E-state index contributed by atoms with van der Waals surface area (Å²) < 4.78 is 0. The molecule has 2 aromatic carbocycles. The van der Waals surface area contributed by atoms with E-state index in [0.29, 0.717) is 5.92 Å². The fourth-order valence-corrected chi connectivity index (χ4v) is 3.86. The maximum atomic E-state index is 12.8. The van der Waals surface area contributed by atoms with Crippen molar-refractivity contribution in [3.8, 4) is 0 Å². The highest BCUT2D eigenvalue weighted by atomic mass is 16.2. The first-order chi connectivity index (χ1) is 10.2. The molecule has 2 aromatic rings. The van der Waals surface area contributed by atoms with E-state index >= 15 is 0 Å². The van der Waals surface area contributed by atoms with Crippen LogP contribution in [-0.2, 0) is 0 Å². The number of hydrogen-bond acceptors (Lipinski definition) is 1. The standard InChI is InChI=1S/C19H17NO/c1-3-13-12(2)18-15-9-4-5-10-16(15)19(21)20(18)17-11-7-6-8-14(13)17/h3-12,18H,1-2H3/b13-3+/t12-,18-/m1/s1. The van der Waals surface area contributed by atoms with Gasteiger partial charge in [-0.1, -0.05) is 49.4 Å². The lowest BCUT2D eigenvalue weighted by Gasteiger charge is -2.38. The van der Waals surface area contributed by atoms with E-state index in [9.17, 15) is 4.79 Å². The summed E-state index contributed by atoms with van der Waals surface area (Å²) >= 11 is 0. The SMILES string of the molecule is C/C=C1/c2ccccc2N2C(=O)c3ccccc3[C@H]2[C@@H]1C. The second-order valence-electron chi connectivity index (χ2n) is 5.76. The van der Waals surface area contributed by atoms with E-state index < -0.39 is 0 Å². The molecule has 2 atom stereocenters. The summed E-state index contributed by atoms with van der Waals surface area (Å²) in [5, 5.41) is 0. The summed E-state index contributed by atoms with van der Waals surface area (Å²) in [5.74, 6) is 0.433. The average molecular weight is 275 g/mol. The lowest BCUT2D eigenvalue weighted by atomic mass is 9.80. The summed E-state index contributed by atoms with van der Waals surface area (Å²) in [6.45, 7) is 4.30. The monoisotopic (exact) mass is 275 g/mol. The maximum Gasteiger partial charge on any atom is 0.259 e. The Balaban J connectivity index is 2.02. The lowest BCUT2D eigenvalue weighted by molar-refractivity contribution is 0.0987. The smallest absolute Gasteiger partial charge is 0.259 e. The van der Waals surface area contributed by atoms with Crippen molar-refractivity contribution in [2.45, 2.75) is 19.9 Å². The molecule has 21 heavy (non-hydrogen) atoms. The van der Waals surface area contributed by atoms with E-state index in [1.807, 2.05) is 35.2 Å². The van der Waals surface area contributed by atoms with Gasteiger partial charge in [0.25, 0.3) is 5.91 Å². The first-order valence-corrected chi connectivity index (χ1v) is 7.42. The molecule has 2 heterocycles. The number of para-hydroxylation sites is 1. The summed E-state index contributed by atoms with van der Waals surface area (Å²) in [6, 6.07) is 16.4. The van der Waals surface area contributed by atoms with Crippen molar-refractivity contribution in [1.82, 2.24) is 0 Å². The summed E-state index contributed by atoms with van der Waals surface area (Å²) in [6.07, 6.45) is 2.19. The predicted molar refractivity (Wildman–Crippen MR) is 85.2 cm³/mol. The quantitative estimate of drug-likeness (QED) is 0.696. The first kappa shape index (κ1) is 12.4. The first-order valence-electron chi connectivity index (χ1n) is 7.42. The Labute approximate surface area is 124 Å². The van der Waals surface area contributed by atoms with Crippen LogP contribution in [0.4, 0.5) is 5.69 Å². The van der Waals surface area contributed by atoms with Gasteiger partial charge in [-0.05, 0) is 30.2 Å². The number of hydrogen-bond donors (Lipinski definition) is 0. The Bertz CT molecular complexity index is 775. The van der Waals surface area contributed by atoms with Crippen molar-refractivity contribution in [3.63, 3.8) is 0 Å². The topological polar surface area (TPSA) is 20.3 Å². The Morgan fingerprint density at radius 1 is 1.00 bits per heavy atom. The molecule has 0 unspecified atom stereocenters. The molecule has 4 rings (SSSR count). The number of anilines is 1. The molecule has 2 aliphatic heterocycles. The molecule has 0 saturated carbocycles. The van der Waals surface area contributed by atoms with Crippen LogP contribution < -0.4 is 4.90 Å². The molecule has 0 bridgehead atoms. The summed E-state index contributed by atoms with van der Waals surface area (Å²) in [7, 11) is 0. The van der Waals surface area contributed by atoms with Gasteiger partial charge in [-0.2, -0.15) is 0 Å². The van der Waals surface area contributed by atoms with E-state index in [0.717, 1.165) is 16.8 Å². The molecule has 0 spiro atoms. The third kappa shape index (κ3) is 1.50. The fourth-order valence-electron chi connectivity index (χ4n) is 3.86. The number of nitrogens with zero attached hydrogens (tertiary/aromatic N) is 1. The minimum Gasteiger partial charge on any atom is -0.300 e. The molecule has 0 saturated heterocycles. The summed E-state index contributed by atoms with van der Waals surface area (Å²) in [5.41, 5.74) is 5.56. The Hall–Kier alpha value is -2.35. The second kappa shape index (κ2) is 4.32. The Morgan fingerprint density at radius 2 is 1.67 bits per heavy atom. The van der Waals surface area contributed by atoms with Crippen LogP contribution in [0.25, 0.3) is 5.57 Å². The minimum absolute atomic E-state index is 0.120. The van der Waals surface area contributed by atoms with Crippen LogP contribution in [0.1, 0.15) is 41.4 Å². The van der Waals surface area contributed by atoms with E-state index in [1.165, 1.54) is 11.1 Å². The van der Waals surface area contributed by atoms with Crippen molar-refractivity contribution in [1.29, 1.82) is 0 Å². The van der Waals surface area contributed by atoms with Gasteiger partial charge in [0.2, 0.25) is 0 Å². The van der Waals surface area contributed by atoms with Crippen LogP contribution in [0.2, 0.25) is 0 Å². The number of carbonyl (C=O) groups excluding carboxylic acids is 1. The van der Waals surface area contributed by atoms with Crippen LogP contribution >= 0.6 is 0 Å². The number of rotatable bonds is 0. The van der Waals surface area contributed by atoms with Gasteiger partial charge in [-0.25, -0.2) is 0 Å². The Kier molecular flexibility index (Phi) is 2.55. The summed E-state index contributed by atoms with van der Waals surface area (Å²) in [4.78, 5) is 14.8. The molecule has 104 valence electrons. The molecule has 0 aromatic heterocycles. The molecular weight excluding hydrogens is 258 g/mol. The lowest BCUT2D eigenvalue weighted by Crippen LogP contribution is -2.36. The number of allylic oxidation sites excluding steroid dienone is 1. The fraction of sp³-hybridized carbons (Fsp3) is 0.211. The second-order valence-corrected chi connectivity index (χ2v) is 5.76. The van der Waals surface area contributed by atoms with Crippen molar-refractivity contribution < 1.29 is 4.79 Å². The van der Waals surface area contributed by atoms with Crippen LogP contribution in [0.3, 0.4) is 0 Å². The molecule has 0 aliphatic carbocycles. The zero-order valence-electron chi connectivity index (χ0n) is 12.2. The highest BCUT2D eigenvalue weighted by Gasteiger charge is 2.45. The van der Waals surface area contributed by atoms with E-state index in [2.05, 4.69) is 38.1 Å². The third-order valence-corrected chi connectivity index (χ3v) is 4.76. The molecule has 2 nitrogen and oxygen atoms in total. The highest BCUT2D eigenvalue weighted by Crippen LogP contribution is 2.52. The number of benzene rings is 2. The number of fused-ring (bicyclic) bond motifs is 5. The largest absolute Gasteiger partial charge is 0.300 e. The Morgan fingerprint density at radius 3 is 2.43 bits per heavy atom. The zero-order valence-corrected chi connectivity index (χ0v) is 12.2. The maximum absolute atomic E-state index is 12.8. The van der Waals surface area contributed by atoms with Crippen LogP contribution in [-0.4, -0.2) is 5.91 Å². The zero-order chi connectivity index (χ0) is 14.6. The van der Waals surface area contributed by atoms with Crippen LogP contribution in [0, 0.1) is 5.92 Å². The van der Waals surface area contributed by atoms with Gasteiger partial charge in [0.05, 0.1) is 11.7 Å². The predicted octanol–water partition coefficient (Wildman–Crippen LogP) is 4.44. The van der Waals surface area contributed by atoms with Gasteiger partial charge in [0.1, 0.15) is 0 Å². The van der Waals surface area contributed by atoms with Crippen LogP contribution in [0.15, 0.2) is 54.6 Å². The van der Waals surface area contributed by atoms with Crippen LogP contribution in [0.5, 0.6) is 0 Å². The molecule has 2 aliphatic rings.